The first-order chi connectivity index (χ1) is 12.7. The van der Waals surface area contributed by atoms with Crippen LogP contribution in [0.25, 0.3) is 11.0 Å². The Hall–Kier alpha value is -2.57. The third-order valence-electron chi connectivity index (χ3n) is 5.32. The summed E-state index contributed by atoms with van der Waals surface area (Å²) in [7, 11) is 0. The lowest BCUT2D eigenvalue weighted by molar-refractivity contribution is -0.133. The second-order valence-corrected chi connectivity index (χ2v) is 7.06. The number of nitrogens with zero attached hydrogens (tertiary/aromatic N) is 3. The van der Waals surface area contributed by atoms with Gasteiger partial charge < -0.3 is 20.1 Å². The van der Waals surface area contributed by atoms with Crippen molar-refractivity contribution < 1.29 is 9.59 Å². The van der Waals surface area contributed by atoms with Crippen LogP contribution in [0, 0.1) is 0 Å². The van der Waals surface area contributed by atoms with Crippen LogP contribution in [0.3, 0.4) is 0 Å². The number of H-pyrrole nitrogens is 1. The number of imidazole rings is 1. The summed E-state index contributed by atoms with van der Waals surface area (Å²) in [6.45, 7) is 2.62. The van der Waals surface area contributed by atoms with Gasteiger partial charge in [0.25, 0.3) is 0 Å². The zero-order valence-corrected chi connectivity index (χ0v) is 14.9. The Kier molecular flexibility index (Phi) is 4.77. The molecule has 2 fully saturated rings. The lowest BCUT2D eigenvalue weighted by Crippen LogP contribution is -2.45. The van der Waals surface area contributed by atoms with Crippen LogP contribution in [0.1, 0.15) is 44.0 Å². The minimum Gasteiger partial charge on any atom is -0.341 e. The van der Waals surface area contributed by atoms with E-state index in [2.05, 4.69) is 15.3 Å². The molecule has 2 aliphatic rings. The number of para-hydroxylation sites is 2. The highest BCUT2D eigenvalue weighted by Crippen LogP contribution is 2.31. The van der Waals surface area contributed by atoms with Gasteiger partial charge in [0.2, 0.25) is 5.91 Å². The number of carbonyl (C=O) groups is 2. The van der Waals surface area contributed by atoms with Crippen molar-refractivity contribution in [1.29, 1.82) is 0 Å². The number of amides is 3. The first-order valence-corrected chi connectivity index (χ1v) is 9.49. The van der Waals surface area contributed by atoms with Gasteiger partial charge in [0.15, 0.2) is 0 Å². The van der Waals surface area contributed by atoms with Crippen molar-refractivity contribution in [2.75, 3.05) is 26.2 Å². The summed E-state index contributed by atoms with van der Waals surface area (Å²) in [5.74, 6) is 1.05. The number of nitrogens with one attached hydrogen (secondary N) is 2. The number of likely N-dealkylation sites (tertiary alicyclic amines) is 2. The summed E-state index contributed by atoms with van der Waals surface area (Å²) >= 11 is 0. The van der Waals surface area contributed by atoms with Crippen LogP contribution in [-0.2, 0) is 4.79 Å². The molecule has 3 heterocycles. The van der Waals surface area contributed by atoms with E-state index < -0.39 is 0 Å². The monoisotopic (exact) mass is 355 g/mol. The largest absolute Gasteiger partial charge is 0.341 e. The molecule has 26 heavy (non-hydrogen) atoms. The SMILES string of the molecule is O=C1CCCCN1CCNC(=O)N1CCC[C@@H]1c1nc2ccccc2[nH]1. The van der Waals surface area contributed by atoms with Gasteiger partial charge in [0, 0.05) is 32.6 Å². The Bertz CT molecular complexity index is 769. The molecule has 7 heteroatoms. The maximum absolute atomic E-state index is 12.6. The Morgan fingerprint density at radius 1 is 1.23 bits per heavy atom. The molecule has 2 N–H and O–H groups in total. The highest BCUT2D eigenvalue weighted by molar-refractivity contribution is 5.78. The maximum Gasteiger partial charge on any atom is 0.318 e. The number of aromatic amines is 1. The summed E-state index contributed by atoms with van der Waals surface area (Å²) in [6, 6.07) is 7.83. The molecule has 0 radical (unpaired) electrons. The number of fused-ring (bicyclic) bond motifs is 1. The number of aromatic nitrogens is 2. The van der Waals surface area contributed by atoms with E-state index >= 15 is 0 Å². The fraction of sp³-hybridized carbons (Fsp3) is 0.526. The van der Waals surface area contributed by atoms with Gasteiger partial charge >= 0.3 is 6.03 Å². The van der Waals surface area contributed by atoms with Crippen LogP contribution in [0.15, 0.2) is 24.3 Å². The zero-order valence-electron chi connectivity index (χ0n) is 14.9. The second-order valence-electron chi connectivity index (χ2n) is 7.06. The van der Waals surface area contributed by atoms with Crippen LogP contribution in [0.2, 0.25) is 0 Å². The molecule has 2 saturated heterocycles. The van der Waals surface area contributed by atoms with E-state index in [1.54, 1.807) is 0 Å². The first-order valence-electron chi connectivity index (χ1n) is 9.49. The topological polar surface area (TPSA) is 81.3 Å². The average Bonchev–Trinajstić information content (AvgIpc) is 3.29. The number of benzene rings is 1. The van der Waals surface area contributed by atoms with Crippen molar-refractivity contribution in [2.45, 2.75) is 38.1 Å². The molecule has 0 spiro atoms. The summed E-state index contributed by atoms with van der Waals surface area (Å²) in [6.07, 6.45) is 4.56. The van der Waals surface area contributed by atoms with Crippen LogP contribution in [0.5, 0.6) is 0 Å². The van der Waals surface area contributed by atoms with Gasteiger partial charge in [0.1, 0.15) is 5.82 Å². The highest BCUT2D eigenvalue weighted by Gasteiger charge is 2.32. The van der Waals surface area contributed by atoms with Crippen LogP contribution < -0.4 is 5.32 Å². The minimum atomic E-state index is -0.0718. The van der Waals surface area contributed by atoms with Crippen LogP contribution >= 0.6 is 0 Å². The molecule has 7 nitrogen and oxygen atoms in total. The summed E-state index contributed by atoms with van der Waals surface area (Å²) < 4.78 is 0. The Labute approximate surface area is 152 Å². The van der Waals surface area contributed by atoms with Gasteiger partial charge in [0.05, 0.1) is 17.1 Å². The molecule has 1 aromatic heterocycles. The number of hydrogen-bond donors (Lipinski definition) is 2. The fourth-order valence-electron chi connectivity index (χ4n) is 3.92. The maximum atomic E-state index is 12.6. The van der Waals surface area contributed by atoms with E-state index in [4.69, 9.17) is 0 Å². The average molecular weight is 355 g/mol. The van der Waals surface area contributed by atoms with Crippen molar-refractivity contribution in [3.05, 3.63) is 30.1 Å². The standard InChI is InChI=1S/C19H25N5O2/c25-17-9-3-4-11-23(17)13-10-20-19(26)24-12-5-8-16(24)18-21-14-6-1-2-7-15(14)22-18/h1-2,6-7,16H,3-5,8-13H2,(H,20,26)(H,21,22)/t16-/m1/s1. The van der Waals surface area contributed by atoms with Gasteiger partial charge in [-0.25, -0.2) is 9.78 Å². The molecule has 138 valence electrons. The fourth-order valence-corrected chi connectivity index (χ4v) is 3.92. The molecule has 0 aliphatic carbocycles. The van der Waals surface area contributed by atoms with Gasteiger partial charge in [-0.05, 0) is 37.8 Å². The quantitative estimate of drug-likeness (QED) is 0.884. The van der Waals surface area contributed by atoms with Crippen molar-refractivity contribution in [3.8, 4) is 0 Å². The van der Waals surface area contributed by atoms with E-state index in [9.17, 15) is 9.59 Å². The molecule has 4 rings (SSSR count). The normalized spacial score (nSPS) is 20.8. The molecule has 3 amide bonds. The Morgan fingerprint density at radius 2 is 2.12 bits per heavy atom. The van der Waals surface area contributed by atoms with Gasteiger partial charge in [-0.15, -0.1) is 0 Å². The molecule has 2 aliphatic heterocycles. The Morgan fingerprint density at radius 3 is 2.96 bits per heavy atom. The summed E-state index contributed by atoms with van der Waals surface area (Å²) in [5.41, 5.74) is 1.93. The van der Waals surface area contributed by atoms with E-state index in [-0.39, 0.29) is 18.0 Å². The number of hydrogen-bond acceptors (Lipinski definition) is 3. The molecule has 1 atom stereocenters. The minimum absolute atomic E-state index is 0.0148. The third kappa shape index (κ3) is 3.38. The molecule has 0 unspecified atom stereocenters. The van der Waals surface area contributed by atoms with Crippen molar-refractivity contribution in [3.63, 3.8) is 0 Å². The molecular weight excluding hydrogens is 330 g/mol. The molecule has 1 aromatic carbocycles. The molecule has 2 aromatic rings. The molecule has 0 bridgehead atoms. The van der Waals surface area contributed by atoms with Gasteiger partial charge in [-0.1, -0.05) is 12.1 Å². The Balaban J connectivity index is 1.36. The lowest BCUT2D eigenvalue weighted by Gasteiger charge is -2.28. The third-order valence-corrected chi connectivity index (χ3v) is 5.32. The van der Waals surface area contributed by atoms with E-state index in [0.717, 1.165) is 55.6 Å². The summed E-state index contributed by atoms with van der Waals surface area (Å²) in [4.78, 5) is 36.2. The van der Waals surface area contributed by atoms with Crippen LogP contribution in [-0.4, -0.2) is 57.9 Å². The van der Waals surface area contributed by atoms with Crippen molar-refractivity contribution in [2.24, 2.45) is 0 Å². The van der Waals surface area contributed by atoms with Crippen molar-refractivity contribution >= 4 is 23.0 Å². The number of rotatable bonds is 4. The number of piperidine rings is 1. The van der Waals surface area contributed by atoms with Crippen molar-refractivity contribution in [1.82, 2.24) is 25.1 Å². The molecule has 0 saturated carbocycles. The number of urea groups is 1. The molecular formula is C19H25N5O2. The summed E-state index contributed by atoms with van der Waals surface area (Å²) in [5, 5.41) is 2.98. The zero-order chi connectivity index (χ0) is 17.9. The number of carbonyl (C=O) groups excluding carboxylic acids is 2. The smallest absolute Gasteiger partial charge is 0.318 e. The van der Waals surface area contributed by atoms with E-state index in [0.29, 0.717) is 19.5 Å². The predicted molar refractivity (Wildman–Crippen MR) is 98.6 cm³/mol. The van der Waals surface area contributed by atoms with Crippen LogP contribution in [0.4, 0.5) is 4.79 Å². The van der Waals surface area contributed by atoms with Gasteiger partial charge in [-0.2, -0.15) is 0 Å². The first kappa shape index (κ1) is 16.9. The second kappa shape index (κ2) is 7.35. The highest BCUT2D eigenvalue weighted by atomic mass is 16.2. The van der Waals surface area contributed by atoms with Gasteiger partial charge in [-0.3, -0.25) is 4.79 Å². The lowest BCUT2D eigenvalue weighted by atomic mass is 10.1. The van der Waals surface area contributed by atoms with E-state index in [1.165, 1.54) is 0 Å². The van der Waals surface area contributed by atoms with E-state index in [1.807, 2.05) is 34.1 Å². The predicted octanol–water partition coefficient (Wildman–Crippen LogP) is 2.42.